The van der Waals surface area contributed by atoms with Crippen LogP contribution in [0.5, 0.6) is 0 Å². The Kier molecular flexibility index (Phi) is 4.41. The van der Waals surface area contributed by atoms with E-state index in [9.17, 15) is 4.79 Å². The molecule has 0 aliphatic carbocycles. The molecule has 3 rings (SSSR count). The number of aromatic nitrogens is 2. The third-order valence-corrected chi connectivity index (χ3v) is 4.00. The van der Waals surface area contributed by atoms with Crippen LogP contribution in [-0.2, 0) is 17.9 Å². The van der Waals surface area contributed by atoms with Crippen LogP contribution in [0.3, 0.4) is 0 Å². The smallest absolute Gasteiger partial charge is 0.262 e. The van der Waals surface area contributed by atoms with E-state index in [2.05, 4.69) is 36.1 Å². The highest BCUT2D eigenvalue weighted by molar-refractivity contribution is 6.03. The Labute approximate surface area is 135 Å². The number of methoxy groups -OCH3 is 1. The molecule has 2 aromatic heterocycles. The highest BCUT2D eigenvalue weighted by Gasteiger charge is 2.12. The SMILES string of the molecule is COCn1c(=O)c2cccnc2c2cc(CCN(C)C)ccc21. The van der Waals surface area contributed by atoms with Crippen LogP contribution in [0.25, 0.3) is 21.8 Å². The van der Waals surface area contributed by atoms with Crippen LogP contribution in [-0.4, -0.2) is 42.2 Å². The van der Waals surface area contributed by atoms with E-state index in [0.717, 1.165) is 29.4 Å². The first-order valence-corrected chi connectivity index (χ1v) is 7.65. The highest BCUT2D eigenvalue weighted by atomic mass is 16.5. The van der Waals surface area contributed by atoms with Crippen LogP contribution in [0.15, 0.2) is 41.3 Å². The quantitative estimate of drug-likeness (QED) is 0.678. The molecule has 0 saturated carbocycles. The van der Waals surface area contributed by atoms with Gasteiger partial charge >= 0.3 is 0 Å². The molecule has 0 saturated heterocycles. The monoisotopic (exact) mass is 311 g/mol. The minimum absolute atomic E-state index is 0.0662. The molecular formula is C18H21N3O2. The number of rotatable bonds is 5. The fourth-order valence-corrected chi connectivity index (χ4v) is 2.82. The van der Waals surface area contributed by atoms with Gasteiger partial charge in [0.25, 0.3) is 5.56 Å². The van der Waals surface area contributed by atoms with Crippen molar-refractivity contribution in [2.75, 3.05) is 27.7 Å². The molecule has 0 aliphatic heterocycles. The number of fused-ring (bicyclic) bond motifs is 3. The van der Waals surface area contributed by atoms with E-state index in [0.29, 0.717) is 5.39 Å². The molecule has 5 heteroatoms. The fourth-order valence-electron chi connectivity index (χ4n) is 2.82. The molecule has 0 N–H and O–H groups in total. The molecule has 0 atom stereocenters. The number of nitrogens with zero attached hydrogens (tertiary/aromatic N) is 3. The largest absolute Gasteiger partial charge is 0.364 e. The van der Waals surface area contributed by atoms with Gasteiger partial charge in [-0.2, -0.15) is 0 Å². The first-order chi connectivity index (χ1) is 11.1. The molecular weight excluding hydrogens is 290 g/mol. The summed E-state index contributed by atoms with van der Waals surface area (Å²) in [6, 6.07) is 9.83. The minimum Gasteiger partial charge on any atom is -0.364 e. The lowest BCUT2D eigenvalue weighted by Gasteiger charge is -2.14. The predicted molar refractivity (Wildman–Crippen MR) is 92.8 cm³/mol. The van der Waals surface area contributed by atoms with Crippen LogP contribution in [0, 0.1) is 0 Å². The van der Waals surface area contributed by atoms with Crippen molar-refractivity contribution < 1.29 is 4.74 Å². The third kappa shape index (κ3) is 2.98. The van der Waals surface area contributed by atoms with Crippen molar-refractivity contribution in [2.45, 2.75) is 13.2 Å². The summed E-state index contributed by atoms with van der Waals surface area (Å²) in [7, 11) is 5.72. The number of benzene rings is 1. The molecule has 0 spiro atoms. The molecule has 0 fully saturated rings. The Morgan fingerprint density at radius 2 is 2.04 bits per heavy atom. The molecule has 0 aliphatic rings. The number of likely N-dealkylation sites (N-methyl/N-ethyl adjacent to an activating group) is 1. The van der Waals surface area contributed by atoms with Crippen molar-refractivity contribution in [2.24, 2.45) is 0 Å². The molecule has 0 bridgehead atoms. The third-order valence-electron chi connectivity index (χ3n) is 4.00. The normalized spacial score (nSPS) is 11.7. The second-order valence-electron chi connectivity index (χ2n) is 5.96. The van der Waals surface area contributed by atoms with Gasteiger partial charge in [-0.05, 0) is 50.3 Å². The number of hydrogen-bond acceptors (Lipinski definition) is 4. The maximum atomic E-state index is 12.7. The number of hydrogen-bond donors (Lipinski definition) is 0. The van der Waals surface area contributed by atoms with Gasteiger partial charge in [-0.1, -0.05) is 6.07 Å². The average Bonchev–Trinajstić information content (AvgIpc) is 2.56. The molecule has 0 radical (unpaired) electrons. The van der Waals surface area contributed by atoms with Crippen LogP contribution < -0.4 is 5.56 Å². The van der Waals surface area contributed by atoms with E-state index in [-0.39, 0.29) is 12.3 Å². The van der Waals surface area contributed by atoms with E-state index >= 15 is 0 Å². The number of ether oxygens (including phenoxy) is 1. The summed E-state index contributed by atoms with van der Waals surface area (Å²) in [5.41, 5.74) is 2.78. The van der Waals surface area contributed by atoms with E-state index in [1.54, 1.807) is 23.9 Å². The summed E-state index contributed by atoms with van der Waals surface area (Å²) < 4.78 is 6.87. The zero-order chi connectivity index (χ0) is 16.4. The van der Waals surface area contributed by atoms with Crippen LogP contribution in [0.4, 0.5) is 0 Å². The van der Waals surface area contributed by atoms with Crippen LogP contribution in [0.2, 0.25) is 0 Å². The van der Waals surface area contributed by atoms with Gasteiger partial charge in [0, 0.05) is 25.2 Å². The van der Waals surface area contributed by atoms with Crippen molar-refractivity contribution >= 4 is 21.8 Å². The maximum Gasteiger partial charge on any atom is 0.262 e. The second kappa shape index (κ2) is 6.48. The summed E-state index contributed by atoms with van der Waals surface area (Å²) in [6.45, 7) is 1.21. The van der Waals surface area contributed by atoms with E-state index < -0.39 is 0 Å². The van der Waals surface area contributed by atoms with Crippen molar-refractivity contribution in [3.8, 4) is 0 Å². The lowest BCUT2D eigenvalue weighted by Crippen LogP contribution is -2.22. The van der Waals surface area contributed by atoms with E-state index in [4.69, 9.17) is 4.74 Å². The van der Waals surface area contributed by atoms with Crippen molar-refractivity contribution in [3.05, 3.63) is 52.4 Å². The summed E-state index contributed by atoms with van der Waals surface area (Å²) in [5.74, 6) is 0. The van der Waals surface area contributed by atoms with Gasteiger partial charge in [0.2, 0.25) is 0 Å². The average molecular weight is 311 g/mol. The Morgan fingerprint density at radius 1 is 1.22 bits per heavy atom. The Bertz CT molecular complexity index is 900. The predicted octanol–water partition coefficient (Wildman–Crippen LogP) is 2.26. The van der Waals surface area contributed by atoms with Crippen LogP contribution in [0.1, 0.15) is 5.56 Å². The maximum absolute atomic E-state index is 12.7. The minimum atomic E-state index is -0.0662. The number of pyridine rings is 2. The Hall–Kier alpha value is -2.24. The Morgan fingerprint density at radius 3 is 2.78 bits per heavy atom. The van der Waals surface area contributed by atoms with Crippen LogP contribution >= 0.6 is 0 Å². The van der Waals surface area contributed by atoms with E-state index in [1.165, 1.54) is 5.56 Å². The van der Waals surface area contributed by atoms with Crippen molar-refractivity contribution in [3.63, 3.8) is 0 Å². The van der Waals surface area contributed by atoms with Gasteiger partial charge in [-0.3, -0.25) is 14.3 Å². The molecule has 5 nitrogen and oxygen atoms in total. The van der Waals surface area contributed by atoms with Gasteiger partial charge in [0.05, 0.1) is 16.4 Å². The van der Waals surface area contributed by atoms with Gasteiger partial charge in [-0.15, -0.1) is 0 Å². The van der Waals surface area contributed by atoms with E-state index in [1.807, 2.05) is 12.1 Å². The van der Waals surface area contributed by atoms with Crippen molar-refractivity contribution in [1.29, 1.82) is 0 Å². The first-order valence-electron chi connectivity index (χ1n) is 7.65. The summed E-state index contributed by atoms with van der Waals surface area (Å²) in [5, 5.41) is 1.62. The molecule has 0 amide bonds. The molecule has 23 heavy (non-hydrogen) atoms. The molecule has 3 aromatic rings. The van der Waals surface area contributed by atoms with Crippen molar-refractivity contribution in [1.82, 2.24) is 14.5 Å². The summed E-state index contributed by atoms with van der Waals surface area (Å²) >= 11 is 0. The standard InChI is InChI=1S/C18H21N3O2/c1-20(2)10-8-13-6-7-16-15(11-13)17-14(5-4-9-19-17)18(22)21(16)12-23-3/h4-7,9,11H,8,10,12H2,1-3H3. The fraction of sp³-hybridized carbons (Fsp3) is 0.333. The first kappa shape index (κ1) is 15.6. The second-order valence-corrected chi connectivity index (χ2v) is 5.96. The van der Waals surface area contributed by atoms with Gasteiger partial charge in [-0.25, -0.2) is 0 Å². The molecule has 120 valence electrons. The summed E-state index contributed by atoms with van der Waals surface area (Å²) in [4.78, 5) is 19.3. The molecule has 1 aromatic carbocycles. The van der Waals surface area contributed by atoms with Gasteiger partial charge < -0.3 is 9.64 Å². The Balaban J connectivity index is 2.26. The lowest BCUT2D eigenvalue weighted by atomic mass is 10.1. The summed E-state index contributed by atoms with van der Waals surface area (Å²) in [6.07, 6.45) is 2.69. The highest BCUT2D eigenvalue weighted by Crippen LogP contribution is 2.22. The zero-order valence-corrected chi connectivity index (χ0v) is 13.7. The van der Waals surface area contributed by atoms with Gasteiger partial charge in [0.15, 0.2) is 0 Å². The van der Waals surface area contributed by atoms with Gasteiger partial charge in [0.1, 0.15) is 6.73 Å². The molecule has 0 unspecified atom stereocenters. The lowest BCUT2D eigenvalue weighted by molar-refractivity contribution is 0.132. The zero-order valence-electron chi connectivity index (χ0n) is 13.7. The molecule has 2 heterocycles. The topological polar surface area (TPSA) is 47.4 Å².